The first-order valence-electron chi connectivity index (χ1n) is 7.20. The average Bonchev–Trinajstić information content (AvgIpc) is 2.75. The summed E-state index contributed by atoms with van der Waals surface area (Å²) >= 11 is 0. The number of piperazine rings is 1. The van der Waals surface area contributed by atoms with Crippen molar-refractivity contribution in [3.63, 3.8) is 0 Å². The number of rotatable bonds is 5. The fourth-order valence-electron chi connectivity index (χ4n) is 2.66. The summed E-state index contributed by atoms with van der Waals surface area (Å²) in [7, 11) is 1.90. The molecule has 112 valence electrons. The smallest absolute Gasteiger partial charge is 0.222 e. The van der Waals surface area contributed by atoms with E-state index in [1.54, 1.807) is 4.68 Å². The van der Waals surface area contributed by atoms with Gasteiger partial charge in [-0.25, -0.2) is 0 Å². The number of aryl methyl sites for hydroxylation is 3. The van der Waals surface area contributed by atoms with E-state index in [9.17, 15) is 4.79 Å². The van der Waals surface area contributed by atoms with Crippen molar-refractivity contribution in [3.05, 3.63) is 17.5 Å². The molecule has 6 nitrogen and oxygen atoms in total. The molecule has 1 N–H and O–H groups in total. The Balaban J connectivity index is 1.77. The predicted octanol–water partition coefficient (Wildman–Crippen LogP) is -0.202. The van der Waals surface area contributed by atoms with Crippen molar-refractivity contribution in [3.8, 4) is 0 Å². The molecule has 1 amide bonds. The third-order valence-electron chi connectivity index (χ3n) is 3.86. The third-order valence-corrected chi connectivity index (χ3v) is 3.86. The fraction of sp³-hybridized carbons (Fsp3) is 0.714. The second kappa shape index (κ2) is 6.85. The highest BCUT2D eigenvalue weighted by atomic mass is 16.3. The maximum atomic E-state index is 12.2. The number of hydrogen-bond donors (Lipinski definition) is 1. The molecule has 0 spiro atoms. The SMILES string of the molecule is Cc1nn(C)cc1CCC(=O)N1CCN(CCO)CC1. The molecule has 20 heavy (non-hydrogen) atoms. The fourth-order valence-corrected chi connectivity index (χ4v) is 2.66. The molecule has 1 aromatic rings. The monoisotopic (exact) mass is 280 g/mol. The Labute approximate surface area is 120 Å². The van der Waals surface area contributed by atoms with E-state index in [0.29, 0.717) is 13.0 Å². The molecule has 0 atom stereocenters. The largest absolute Gasteiger partial charge is 0.395 e. The number of hydrogen-bond acceptors (Lipinski definition) is 4. The van der Waals surface area contributed by atoms with E-state index < -0.39 is 0 Å². The Bertz CT molecular complexity index is 450. The normalized spacial score (nSPS) is 16.6. The predicted molar refractivity (Wildman–Crippen MR) is 76.4 cm³/mol. The van der Waals surface area contributed by atoms with E-state index in [2.05, 4.69) is 10.00 Å². The summed E-state index contributed by atoms with van der Waals surface area (Å²) in [5.41, 5.74) is 2.16. The van der Waals surface area contributed by atoms with E-state index in [1.165, 1.54) is 0 Å². The van der Waals surface area contributed by atoms with Crippen LogP contribution in [0.2, 0.25) is 0 Å². The van der Waals surface area contributed by atoms with Crippen LogP contribution >= 0.6 is 0 Å². The number of aliphatic hydroxyl groups is 1. The number of aliphatic hydroxyl groups excluding tert-OH is 1. The quantitative estimate of drug-likeness (QED) is 0.811. The average molecular weight is 280 g/mol. The minimum Gasteiger partial charge on any atom is -0.395 e. The minimum atomic E-state index is 0.189. The molecular formula is C14H24N4O2. The van der Waals surface area contributed by atoms with Crippen LogP contribution in [-0.4, -0.2) is 69.9 Å². The number of carbonyl (C=O) groups excluding carboxylic acids is 1. The van der Waals surface area contributed by atoms with Gasteiger partial charge < -0.3 is 10.0 Å². The lowest BCUT2D eigenvalue weighted by Crippen LogP contribution is -2.49. The second-order valence-electron chi connectivity index (χ2n) is 5.36. The number of β-amino-alcohol motifs (C(OH)–C–C–N with tert-alkyl or cyclic N) is 1. The number of nitrogens with zero attached hydrogens (tertiary/aromatic N) is 4. The summed E-state index contributed by atoms with van der Waals surface area (Å²) in [5.74, 6) is 0.219. The maximum absolute atomic E-state index is 12.2. The topological polar surface area (TPSA) is 61.6 Å². The van der Waals surface area contributed by atoms with Gasteiger partial charge in [-0.1, -0.05) is 0 Å². The Morgan fingerprint density at radius 1 is 1.35 bits per heavy atom. The molecule has 0 unspecified atom stereocenters. The van der Waals surface area contributed by atoms with Crippen LogP contribution in [-0.2, 0) is 18.3 Å². The van der Waals surface area contributed by atoms with Crippen molar-refractivity contribution in [2.24, 2.45) is 7.05 Å². The van der Waals surface area contributed by atoms with Gasteiger partial charge in [0.25, 0.3) is 0 Å². The lowest BCUT2D eigenvalue weighted by atomic mass is 10.1. The molecule has 0 aromatic carbocycles. The van der Waals surface area contributed by atoms with Gasteiger partial charge in [0, 0.05) is 52.4 Å². The third kappa shape index (κ3) is 3.80. The van der Waals surface area contributed by atoms with Crippen molar-refractivity contribution < 1.29 is 9.90 Å². The molecule has 1 aromatic heterocycles. The Morgan fingerprint density at radius 2 is 2.05 bits per heavy atom. The van der Waals surface area contributed by atoms with Gasteiger partial charge >= 0.3 is 0 Å². The molecule has 0 bridgehead atoms. The van der Waals surface area contributed by atoms with E-state index in [4.69, 9.17) is 5.11 Å². The molecular weight excluding hydrogens is 256 g/mol. The van der Waals surface area contributed by atoms with Crippen LogP contribution in [0.15, 0.2) is 6.20 Å². The van der Waals surface area contributed by atoms with Crippen molar-refractivity contribution in [1.29, 1.82) is 0 Å². The molecule has 0 aliphatic carbocycles. The summed E-state index contributed by atoms with van der Waals surface area (Å²) in [5, 5.41) is 13.2. The van der Waals surface area contributed by atoms with Gasteiger partial charge in [0.1, 0.15) is 0 Å². The number of amides is 1. The standard InChI is InChI=1S/C14H24N4O2/c1-12-13(11-16(2)15-12)3-4-14(20)18-7-5-17(6-8-18)9-10-19/h11,19H,3-10H2,1-2H3. The van der Waals surface area contributed by atoms with Crippen LogP contribution in [0.1, 0.15) is 17.7 Å². The Morgan fingerprint density at radius 3 is 2.60 bits per heavy atom. The van der Waals surface area contributed by atoms with Gasteiger partial charge in [-0.2, -0.15) is 5.10 Å². The maximum Gasteiger partial charge on any atom is 0.222 e. The highest BCUT2D eigenvalue weighted by Crippen LogP contribution is 2.10. The Kier molecular flexibility index (Phi) is 5.14. The molecule has 1 fully saturated rings. The van der Waals surface area contributed by atoms with Gasteiger partial charge in [-0.3, -0.25) is 14.4 Å². The van der Waals surface area contributed by atoms with Crippen LogP contribution in [0.5, 0.6) is 0 Å². The lowest BCUT2D eigenvalue weighted by molar-refractivity contribution is -0.132. The molecule has 1 saturated heterocycles. The van der Waals surface area contributed by atoms with Gasteiger partial charge in [0.05, 0.1) is 12.3 Å². The zero-order chi connectivity index (χ0) is 14.5. The molecule has 0 radical (unpaired) electrons. The summed E-state index contributed by atoms with van der Waals surface area (Å²) in [6, 6.07) is 0. The summed E-state index contributed by atoms with van der Waals surface area (Å²) in [6.07, 6.45) is 3.30. The van der Waals surface area contributed by atoms with Crippen LogP contribution in [0.3, 0.4) is 0 Å². The van der Waals surface area contributed by atoms with Gasteiger partial charge in [0.15, 0.2) is 0 Å². The van der Waals surface area contributed by atoms with Crippen molar-refractivity contribution >= 4 is 5.91 Å². The second-order valence-corrected chi connectivity index (χ2v) is 5.36. The van der Waals surface area contributed by atoms with Crippen molar-refractivity contribution in [2.45, 2.75) is 19.8 Å². The highest BCUT2D eigenvalue weighted by Gasteiger charge is 2.20. The van der Waals surface area contributed by atoms with Gasteiger partial charge in [-0.15, -0.1) is 0 Å². The van der Waals surface area contributed by atoms with Crippen molar-refractivity contribution in [1.82, 2.24) is 19.6 Å². The highest BCUT2D eigenvalue weighted by molar-refractivity contribution is 5.76. The zero-order valence-corrected chi connectivity index (χ0v) is 12.4. The van der Waals surface area contributed by atoms with Crippen molar-refractivity contribution in [2.75, 3.05) is 39.3 Å². The molecule has 1 aliphatic rings. The molecule has 6 heteroatoms. The first kappa shape index (κ1) is 15.0. The van der Waals surface area contributed by atoms with Crippen LogP contribution in [0, 0.1) is 6.92 Å². The molecule has 2 rings (SSSR count). The summed E-state index contributed by atoms with van der Waals surface area (Å²) < 4.78 is 1.79. The van der Waals surface area contributed by atoms with Gasteiger partial charge in [0.2, 0.25) is 5.91 Å². The first-order valence-corrected chi connectivity index (χ1v) is 7.20. The van der Waals surface area contributed by atoms with E-state index in [1.807, 2.05) is 25.1 Å². The van der Waals surface area contributed by atoms with Crippen LogP contribution in [0.25, 0.3) is 0 Å². The zero-order valence-electron chi connectivity index (χ0n) is 12.4. The van der Waals surface area contributed by atoms with Crippen LogP contribution in [0.4, 0.5) is 0 Å². The van der Waals surface area contributed by atoms with Gasteiger partial charge in [-0.05, 0) is 18.9 Å². The van der Waals surface area contributed by atoms with E-state index in [0.717, 1.165) is 43.9 Å². The molecule has 1 aliphatic heterocycles. The lowest BCUT2D eigenvalue weighted by Gasteiger charge is -2.34. The number of carbonyl (C=O) groups is 1. The molecule has 2 heterocycles. The Hall–Kier alpha value is -1.40. The summed E-state index contributed by atoms with van der Waals surface area (Å²) in [4.78, 5) is 16.3. The molecule has 0 saturated carbocycles. The van der Waals surface area contributed by atoms with E-state index in [-0.39, 0.29) is 12.5 Å². The first-order chi connectivity index (χ1) is 9.60. The number of aromatic nitrogens is 2. The minimum absolute atomic E-state index is 0.189. The summed E-state index contributed by atoms with van der Waals surface area (Å²) in [6.45, 7) is 6.13. The van der Waals surface area contributed by atoms with Crippen LogP contribution < -0.4 is 0 Å². The van der Waals surface area contributed by atoms with E-state index >= 15 is 0 Å².